The summed E-state index contributed by atoms with van der Waals surface area (Å²) in [4.78, 5) is 14.2. The van der Waals surface area contributed by atoms with E-state index in [2.05, 4.69) is 70.2 Å². The number of hydrogen-bond donors (Lipinski definition) is 0. The predicted octanol–water partition coefficient (Wildman–Crippen LogP) is 6.96. The molecule has 1 nitrogen and oxygen atoms in total. The SMILES string of the molecule is Cc1cc(C)c(S[C@H](CC(=O)C(C)(C)C)[C@H](C)Cc2ccccc2)c(C)c1. The highest BCUT2D eigenvalue weighted by molar-refractivity contribution is 8.00. The van der Waals surface area contributed by atoms with E-state index >= 15 is 0 Å². The van der Waals surface area contributed by atoms with Crippen molar-refractivity contribution in [3.8, 4) is 0 Å². The predicted molar refractivity (Wildman–Crippen MR) is 119 cm³/mol. The second-order valence-electron chi connectivity index (χ2n) is 8.93. The van der Waals surface area contributed by atoms with Crippen LogP contribution in [0.25, 0.3) is 0 Å². The summed E-state index contributed by atoms with van der Waals surface area (Å²) in [6.45, 7) is 14.9. The maximum absolute atomic E-state index is 12.8. The van der Waals surface area contributed by atoms with Gasteiger partial charge in [0.1, 0.15) is 5.78 Å². The first-order chi connectivity index (χ1) is 12.6. The first kappa shape index (κ1) is 21.8. The van der Waals surface area contributed by atoms with Crippen LogP contribution in [0.5, 0.6) is 0 Å². The Morgan fingerprint density at radius 3 is 2.07 bits per heavy atom. The van der Waals surface area contributed by atoms with Crippen molar-refractivity contribution in [2.45, 2.75) is 71.5 Å². The van der Waals surface area contributed by atoms with Gasteiger partial charge in [0.05, 0.1) is 0 Å². The minimum Gasteiger partial charge on any atom is -0.299 e. The Balaban J connectivity index is 2.28. The van der Waals surface area contributed by atoms with Crippen LogP contribution in [0.15, 0.2) is 47.4 Å². The van der Waals surface area contributed by atoms with Crippen LogP contribution >= 0.6 is 11.8 Å². The summed E-state index contributed by atoms with van der Waals surface area (Å²) in [5.41, 5.74) is 4.99. The Kier molecular flexibility index (Phi) is 7.33. The Labute approximate surface area is 170 Å². The standard InChI is InChI=1S/C25H34OS/c1-17-13-19(3)24(20(4)14-17)27-22(16-23(26)25(5,6)7)18(2)15-21-11-9-8-10-12-21/h8-14,18,22H,15-16H2,1-7H3/t18-,22-/m1/s1. The molecule has 0 heterocycles. The summed E-state index contributed by atoms with van der Waals surface area (Å²) in [5.74, 6) is 0.770. The summed E-state index contributed by atoms with van der Waals surface area (Å²) < 4.78 is 0. The van der Waals surface area contributed by atoms with Crippen LogP contribution in [0.3, 0.4) is 0 Å². The van der Waals surface area contributed by atoms with Crippen molar-refractivity contribution in [1.29, 1.82) is 0 Å². The van der Waals surface area contributed by atoms with Crippen LogP contribution in [-0.4, -0.2) is 11.0 Å². The molecule has 0 unspecified atom stereocenters. The Morgan fingerprint density at radius 2 is 1.56 bits per heavy atom. The third kappa shape index (κ3) is 6.24. The van der Waals surface area contributed by atoms with E-state index < -0.39 is 0 Å². The lowest BCUT2D eigenvalue weighted by atomic mass is 9.85. The van der Waals surface area contributed by atoms with E-state index in [-0.39, 0.29) is 10.7 Å². The first-order valence-corrected chi connectivity index (χ1v) is 10.8. The van der Waals surface area contributed by atoms with Gasteiger partial charge in [0.15, 0.2) is 0 Å². The van der Waals surface area contributed by atoms with Crippen LogP contribution < -0.4 is 0 Å². The molecule has 0 aliphatic heterocycles. The molecule has 0 saturated carbocycles. The lowest BCUT2D eigenvalue weighted by Gasteiger charge is -2.28. The summed E-state index contributed by atoms with van der Waals surface area (Å²) in [6.07, 6.45) is 1.62. The molecule has 146 valence electrons. The lowest BCUT2D eigenvalue weighted by molar-refractivity contribution is -0.126. The average Bonchev–Trinajstić information content (AvgIpc) is 2.56. The lowest BCUT2D eigenvalue weighted by Crippen LogP contribution is -2.28. The molecule has 2 atom stereocenters. The molecule has 2 rings (SSSR count). The van der Waals surface area contributed by atoms with E-state index in [0.717, 1.165) is 6.42 Å². The van der Waals surface area contributed by atoms with Gasteiger partial charge in [-0.2, -0.15) is 0 Å². The number of rotatable bonds is 7. The first-order valence-electron chi connectivity index (χ1n) is 9.89. The van der Waals surface area contributed by atoms with E-state index in [0.29, 0.717) is 18.1 Å². The average molecular weight is 383 g/mol. The number of ketones is 1. The van der Waals surface area contributed by atoms with Crippen LogP contribution in [-0.2, 0) is 11.2 Å². The molecule has 0 amide bonds. The van der Waals surface area contributed by atoms with Gasteiger partial charge in [-0.1, -0.05) is 75.7 Å². The molecule has 0 aromatic heterocycles. The van der Waals surface area contributed by atoms with Gasteiger partial charge in [-0.15, -0.1) is 11.8 Å². The van der Waals surface area contributed by atoms with Crippen LogP contribution in [0, 0.1) is 32.1 Å². The molecule has 0 fully saturated rings. The quantitative estimate of drug-likeness (QED) is 0.482. The molecule has 2 aromatic carbocycles. The van der Waals surface area contributed by atoms with Crippen molar-refractivity contribution in [2.75, 3.05) is 0 Å². The van der Waals surface area contributed by atoms with Gasteiger partial charge in [-0.25, -0.2) is 0 Å². The minimum absolute atomic E-state index is 0.275. The molecule has 0 saturated heterocycles. The summed E-state index contributed by atoms with van der Waals surface area (Å²) in [6, 6.07) is 15.1. The molecule has 0 radical (unpaired) electrons. The summed E-state index contributed by atoms with van der Waals surface area (Å²) >= 11 is 1.90. The Bertz CT molecular complexity index is 748. The van der Waals surface area contributed by atoms with Gasteiger partial charge in [0.25, 0.3) is 0 Å². The highest BCUT2D eigenvalue weighted by Crippen LogP contribution is 2.38. The molecular weight excluding hydrogens is 348 g/mol. The maximum atomic E-state index is 12.8. The van der Waals surface area contributed by atoms with Crippen LogP contribution in [0.1, 0.15) is 56.4 Å². The van der Waals surface area contributed by atoms with Crippen molar-refractivity contribution >= 4 is 17.5 Å². The normalized spacial score (nSPS) is 14.0. The van der Waals surface area contributed by atoms with Gasteiger partial charge in [-0.3, -0.25) is 4.79 Å². The van der Waals surface area contributed by atoms with E-state index in [1.54, 1.807) is 0 Å². The largest absolute Gasteiger partial charge is 0.299 e. The fourth-order valence-corrected chi connectivity index (χ4v) is 4.82. The molecule has 2 aromatic rings. The zero-order valence-corrected chi connectivity index (χ0v) is 18.7. The van der Waals surface area contributed by atoms with E-state index in [1.165, 1.54) is 27.1 Å². The fraction of sp³-hybridized carbons (Fsp3) is 0.480. The maximum Gasteiger partial charge on any atom is 0.139 e. The van der Waals surface area contributed by atoms with E-state index in [4.69, 9.17) is 0 Å². The van der Waals surface area contributed by atoms with E-state index in [1.807, 2.05) is 32.5 Å². The number of carbonyl (C=O) groups excluding carboxylic acids is 1. The highest BCUT2D eigenvalue weighted by atomic mass is 32.2. The number of hydrogen-bond acceptors (Lipinski definition) is 2. The topological polar surface area (TPSA) is 17.1 Å². The number of carbonyl (C=O) groups is 1. The smallest absolute Gasteiger partial charge is 0.139 e. The summed E-state index contributed by atoms with van der Waals surface area (Å²) in [7, 11) is 0. The second-order valence-corrected chi connectivity index (χ2v) is 10.2. The second kappa shape index (κ2) is 9.10. The van der Waals surface area contributed by atoms with Gasteiger partial charge in [0, 0.05) is 22.0 Å². The van der Waals surface area contributed by atoms with Crippen molar-refractivity contribution in [2.24, 2.45) is 11.3 Å². The summed E-state index contributed by atoms with van der Waals surface area (Å²) in [5, 5.41) is 0.275. The van der Waals surface area contributed by atoms with Crippen molar-refractivity contribution in [3.05, 3.63) is 64.7 Å². The van der Waals surface area contributed by atoms with Crippen molar-refractivity contribution < 1.29 is 4.79 Å². The Morgan fingerprint density at radius 1 is 1.00 bits per heavy atom. The molecule has 0 aliphatic carbocycles. The zero-order chi connectivity index (χ0) is 20.2. The molecule has 0 aliphatic rings. The van der Waals surface area contributed by atoms with Gasteiger partial charge in [-0.05, 0) is 49.8 Å². The molecular formula is C25H34OS. The number of benzene rings is 2. The highest BCUT2D eigenvalue weighted by Gasteiger charge is 2.29. The van der Waals surface area contributed by atoms with Crippen LogP contribution in [0.4, 0.5) is 0 Å². The van der Waals surface area contributed by atoms with Crippen LogP contribution in [0.2, 0.25) is 0 Å². The monoisotopic (exact) mass is 382 g/mol. The third-order valence-electron chi connectivity index (χ3n) is 5.13. The zero-order valence-electron chi connectivity index (χ0n) is 17.9. The molecule has 2 heteroatoms. The molecule has 0 spiro atoms. The van der Waals surface area contributed by atoms with Gasteiger partial charge in [0.2, 0.25) is 0 Å². The van der Waals surface area contributed by atoms with Crippen molar-refractivity contribution in [3.63, 3.8) is 0 Å². The number of aryl methyl sites for hydroxylation is 3. The Hall–Kier alpha value is -1.54. The van der Waals surface area contributed by atoms with Gasteiger partial charge < -0.3 is 0 Å². The minimum atomic E-state index is -0.289. The number of thioether (sulfide) groups is 1. The number of Topliss-reactive ketones (excluding diaryl/α,β-unsaturated/α-hetero) is 1. The van der Waals surface area contributed by atoms with E-state index in [9.17, 15) is 4.79 Å². The third-order valence-corrected chi connectivity index (χ3v) is 6.95. The fourth-order valence-electron chi connectivity index (χ4n) is 3.47. The molecule has 27 heavy (non-hydrogen) atoms. The van der Waals surface area contributed by atoms with Crippen molar-refractivity contribution in [1.82, 2.24) is 0 Å². The molecule has 0 bridgehead atoms. The van der Waals surface area contributed by atoms with Gasteiger partial charge >= 0.3 is 0 Å². The molecule has 0 N–H and O–H groups in total.